The SMILES string of the molecule is CC1C(=O)Nc2ccccc2CN1C(=O)c1ccncc1. The van der Waals surface area contributed by atoms with Crippen LogP contribution in [0.15, 0.2) is 48.8 Å². The lowest BCUT2D eigenvalue weighted by atomic mass is 10.1. The number of amides is 2. The first-order chi connectivity index (χ1) is 10.2. The predicted molar refractivity (Wildman–Crippen MR) is 78.6 cm³/mol. The number of pyridine rings is 1. The number of aromatic nitrogens is 1. The van der Waals surface area contributed by atoms with Crippen LogP contribution < -0.4 is 5.32 Å². The molecule has 0 fully saturated rings. The van der Waals surface area contributed by atoms with Crippen LogP contribution in [-0.4, -0.2) is 27.7 Å². The highest BCUT2D eigenvalue weighted by atomic mass is 16.2. The Hall–Kier alpha value is -2.69. The summed E-state index contributed by atoms with van der Waals surface area (Å²) in [5.74, 6) is -0.348. The fourth-order valence-corrected chi connectivity index (χ4v) is 2.39. The molecule has 2 aromatic rings. The van der Waals surface area contributed by atoms with Crippen LogP contribution in [0.4, 0.5) is 5.69 Å². The number of para-hydroxylation sites is 1. The van der Waals surface area contributed by atoms with Gasteiger partial charge in [0.15, 0.2) is 0 Å². The van der Waals surface area contributed by atoms with Gasteiger partial charge in [0, 0.05) is 30.2 Å². The molecule has 5 nitrogen and oxygen atoms in total. The van der Waals surface area contributed by atoms with E-state index >= 15 is 0 Å². The zero-order valence-electron chi connectivity index (χ0n) is 11.6. The number of benzene rings is 1. The van der Waals surface area contributed by atoms with Gasteiger partial charge >= 0.3 is 0 Å². The fraction of sp³-hybridized carbons (Fsp3) is 0.188. The summed E-state index contributed by atoms with van der Waals surface area (Å²) in [6.07, 6.45) is 3.15. The number of nitrogens with zero attached hydrogens (tertiary/aromatic N) is 2. The van der Waals surface area contributed by atoms with Crippen LogP contribution in [0.2, 0.25) is 0 Å². The van der Waals surface area contributed by atoms with Gasteiger partial charge in [0.05, 0.1) is 0 Å². The number of rotatable bonds is 1. The molecule has 0 saturated heterocycles. The van der Waals surface area contributed by atoms with Crippen molar-refractivity contribution in [3.63, 3.8) is 0 Å². The average Bonchev–Trinajstić information content (AvgIpc) is 2.65. The summed E-state index contributed by atoms with van der Waals surface area (Å²) in [6.45, 7) is 2.14. The van der Waals surface area contributed by atoms with Crippen molar-refractivity contribution in [3.05, 3.63) is 59.9 Å². The van der Waals surface area contributed by atoms with Crippen molar-refractivity contribution in [1.82, 2.24) is 9.88 Å². The van der Waals surface area contributed by atoms with Crippen LogP contribution in [0.1, 0.15) is 22.8 Å². The molecule has 0 aliphatic carbocycles. The summed E-state index contributed by atoms with van der Waals surface area (Å²) in [4.78, 5) is 30.3. The summed E-state index contributed by atoms with van der Waals surface area (Å²) >= 11 is 0. The first-order valence-corrected chi connectivity index (χ1v) is 6.76. The molecule has 5 heteroatoms. The molecule has 2 amide bonds. The summed E-state index contributed by atoms with van der Waals surface area (Å²) in [6, 6.07) is 10.3. The fourth-order valence-electron chi connectivity index (χ4n) is 2.39. The average molecular weight is 281 g/mol. The van der Waals surface area contributed by atoms with Gasteiger partial charge in [0.25, 0.3) is 5.91 Å². The number of carbonyl (C=O) groups excluding carboxylic acids is 2. The van der Waals surface area contributed by atoms with E-state index in [2.05, 4.69) is 10.3 Å². The second-order valence-electron chi connectivity index (χ2n) is 4.99. The Morgan fingerprint density at radius 2 is 1.95 bits per heavy atom. The zero-order chi connectivity index (χ0) is 14.8. The maximum absolute atomic E-state index is 12.6. The largest absolute Gasteiger partial charge is 0.324 e. The van der Waals surface area contributed by atoms with Crippen molar-refractivity contribution in [3.8, 4) is 0 Å². The van der Waals surface area contributed by atoms with Gasteiger partial charge in [0.1, 0.15) is 6.04 Å². The van der Waals surface area contributed by atoms with E-state index in [-0.39, 0.29) is 11.8 Å². The van der Waals surface area contributed by atoms with Gasteiger partial charge in [-0.3, -0.25) is 14.6 Å². The molecule has 1 unspecified atom stereocenters. The van der Waals surface area contributed by atoms with Crippen LogP contribution in [0, 0.1) is 0 Å². The highest BCUT2D eigenvalue weighted by Gasteiger charge is 2.30. The van der Waals surface area contributed by atoms with E-state index in [1.54, 1.807) is 36.4 Å². The molecular formula is C16H15N3O2. The zero-order valence-corrected chi connectivity index (χ0v) is 11.6. The molecule has 106 valence electrons. The highest BCUT2D eigenvalue weighted by molar-refractivity contribution is 6.02. The lowest BCUT2D eigenvalue weighted by Crippen LogP contribution is -2.43. The molecule has 1 aliphatic rings. The summed E-state index contributed by atoms with van der Waals surface area (Å²) in [5.41, 5.74) is 2.22. The maximum atomic E-state index is 12.6. The van der Waals surface area contributed by atoms with Crippen molar-refractivity contribution in [2.24, 2.45) is 0 Å². The van der Waals surface area contributed by atoms with E-state index in [1.807, 2.05) is 24.3 Å². The van der Waals surface area contributed by atoms with Gasteiger partial charge in [-0.1, -0.05) is 18.2 Å². The van der Waals surface area contributed by atoms with Gasteiger partial charge in [-0.25, -0.2) is 0 Å². The molecule has 0 spiro atoms. The number of nitrogens with one attached hydrogen (secondary N) is 1. The number of anilines is 1. The van der Waals surface area contributed by atoms with Crippen molar-refractivity contribution in [1.29, 1.82) is 0 Å². The van der Waals surface area contributed by atoms with Gasteiger partial charge in [-0.15, -0.1) is 0 Å². The number of fused-ring (bicyclic) bond motifs is 1. The van der Waals surface area contributed by atoms with Crippen molar-refractivity contribution < 1.29 is 9.59 Å². The summed E-state index contributed by atoms with van der Waals surface area (Å²) in [7, 11) is 0. The third-order valence-corrected chi connectivity index (χ3v) is 3.65. The molecule has 1 aromatic heterocycles. The third-order valence-electron chi connectivity index (χ3n) is 3.65. The minimum atomic E-state index is -0.530. The molecule has 0 bridgehead atoms. The van der Waals surface area contributed by atoms with Crippen molar-refractivity contribution in [2.75, 3.05) is 5.32 Å². The van der Waals surface area contributed by atoms with Crippen molar-refractivity contribution in [2.45, 2.75) is 19.5 Å². The van der Waals surface area contributed by atoms with Crippen LogP contribution >= 0.6 is 0 Å². The quantitative estimate of drug-likeness (QED) is 0.870. The third kappa shape index (κ3) is 2.50. The monoisotopic (exact) mass is 281 g/mol. The first-order valence-electron chi connectivity index (χ1n) is 6.76. The molecule has 1 N–H and O–H groups in total. The van der Waals surface area contributed by atoms with E-state index in [0.29, 0.717) is 12.1 Å². The molecule has 1 aromatic carbocycles. The highest BCUT2D eigenvalue weighted by Crippen LogP contribution is 2.24. The second kappa shape index (κ2) is 5.36. The predicted octanol–water partition coefficient (Wildman–Crippen LogP) is 2.06. The van der Waals surface area contributed by atoms with Gasteiger partial charge < -0.3 is 10.2 Å². The molecular weight excluding hydrogens is 266 g/mol. The van der Waals surface area contributed by atoms with Crippen LogP contribution in [-0.2, 0) is 11.3 Å². The van der Waals surface area contributed by atoms with E-state index < -0.39 is 6.04 Å². The Bertz CT molecular complexity index is 685. The van der Waals surface area contributed by atoms with Crippen molar-refractivity contribution >= 4 is 17.5 Å². The molecule has 0 saturated carbocycles. The summed E-state index contributed by atoms with van der Waals surface area (Å²) < 4.78 is 0. The standard InChI is InChI=1S/C16H15N3O2/c1-11-15(20)18-14-5-3-2-4-13(14)10-19(11)16(21)12-6-8-17-9-7-12/h2-9,11H,10H2,1H3,(H,18,20). The molecule has 3 rings (SSSR count). The Balaban J connectivity index is 1.98. The molecule has 0 radical (unpaired) electrons. The lowest BCUT2D eigenvalue weighted by molar-refractivity contribution is -0.119. The van der Waals surface area contributed by atoms with Gasteiger partial charge in [-0.2, -0.15) is 0 Å². The minimum absolute atomic E-state index is 0.170. The van der Waals surface area contributed by atoms with Gasteiger partial charge in [-0.05, 0) is 30.7 Å². The summed E-state index contributed by atoms with van der Waals surface area (Å²) in [5, 5.41) is 2.86. The molecule has 1 atom stereocenters. The Morgan fingerprint density at radius 3 is 2.71 bits per heavy atom. The lowest BCUT2D eigenvalue weighted by Gasteiger charge is -2.25. The van der Waals surface area contributed by atoms with E-state index in [9.17, 15) is 9.59 Å². The first kappa shape index (κ1) is 13.3. The Morgan fingerprint density at radius 1 is 1.24 bits per heavy atom. The second-order valence-corrected chi connectivity index (χ2v) is 4.99. The van der Waals surface area contributed by atoms with E-state index in [1.165, 1.54) is 0 Å². The van der Waals surface area contributed by atoms with Crippen LogP contribution in [0.3, 0.4) is 0 Å². The number of hydrogen-bond donors (Lipinski definition) is 1. The molecule has 1 aliphatic heterocycles. The van der Waals surface area contributed by atoms with Gasteiger partial charge in [0.2, 0.25) is 5.91 Å². The number of hydrogen-bond acceptors (Lipinski definition) is 3. The minimum Gasteiger partial charge on any atom is -0.324 e. The van der Waals surface area contributed by atoms with Crippen LogP contribution in [0.25, 0.3) is 0 Å². The van der Waals surface area contributed by atoms with E-state index in [4.69, 9.17) is 0 Å². The Labute approximate surface area is 122 Å². The topological polar surface area (TPSA) is 62.3 Å². The van der Waals surface area contributed by atoms with Crippen LogP contribution in [0.5, 0.6) is 0 Å². The Kier molecular flexibility index (Phi) is 3.39. The number of carbonyl (C=O) groups is 2. The normalized spacial score (nSPS) is 17.7. The molecule has 21 heavy (non-hydrogen) atoms. The molecule has 2 heterocycles. The van der Waals surface area contributed by atoms with E-state index in [0.717, 1.165) is 11.3 Å². The smallest absolute Gasteiger partial charge is 0.254 e. The maximum Gasteiger partial charge on any atom is 0.254 e.